The van der Waals surface area contributed by atoms with Crippen LogP contribution in [-0.4, -0.2) is 89.4 Å². The Morgan fingerprint density at radius 3 is 2.76 bits per heavy atom. The number of halogens is 1. The molecule has 2 aliphatic rings. The van der Waals surface area contributed by atoms with Crippen LogP contribution >= 0.6 is 0 Å². The van der Waals surface area contributed by atoms with E-state index < -0.39 is 42.3 Å². The van der Waals surface area contributed by atoms with E-state index in [4.69, 9.17) is 10.5 Å². The molecule has 3 aromatic rings. The number of nitrogens with one attached hydrogen (secondary N) is 1. The molecule has 13 nitrogen and oxygen atoms in total. The van der Waals surface area contributed by atoms with Gasteiger partial charge in [-0.25, -0.2) is 19.9 Å². The lowest BCUT2D eigenvalue weighted by molar-refractivity contribution is -0.137. The predicted octanol–water partition coefficient (Wildman–Crippen LogP) is -1.04. The summed E-state index contributed by atoms with van der Waals surface area (Å²) in [4.78, 5) is 42.2. The SMILES string of the molecule is CN(CC#Cc1nc(N)c2ncn(C3OC(C(=O)NC4CC4)[C@@H](O)[C@H]3O)c2n1)C(=O)c1ccc(F)nc1. The summed E-state index contributed by atoms with van der Waals surface area (Å²) in [5, 5.41) is 23.8. The minimum atomic E-state index is -1.45. The lowest BCUT2D eigenvalue weighted by Crippen LogP contribution is -2.43. The van der Waals surface area contributed by atoms with Gasteiger partial charge >= 0.3 is 0 Å². The van der Waals surface area contributed by atoms with Gasteiger partial charge in [0.25, 0.3) is 11.8 Å². The maximum Gasteiger partial charge on any atom is 0.255 e. The highest BCUT2D eigenvalue weighted by Gasteiger charge is 2.48. The molecule has 0 bridgehead atoms. The highest BCUT2D eigenvalue weighted by atomic mass is 19.1. The average Bonchev–Trinajstić information content (AvgIpc) is 3.51. The van der Waals surface area contributed by atoms with Crippen molar-refractivity contribution in [3.05, 3.63) is 42.0 Å². The fraction of sp³-hybridized carbons (Fsp3) is 0.391. The molecule has 0 radical (unpaired) electrons. The summed E-state index contributed by atoms with van der Waals surface area (Å²) in [6, 6.07) is 2.47. The van der Waals surface area contributed by atoms with Gasteiger partial charge in [0.2, 0.25) is 11.8 Å². The molecule has 192 valence electrons. The largest absolute Gasteiger partial charge is 0.387 e. The van der Waals surface area contributed by atoms with Crippen molar-refractivity contribution in [3.8, 4) is 11.8 Å². The second-order valence-corrected chi connectivity index (χ2v) is 8.80. The molecule has 14 heteroatoms. The summed E-state index contributed by atoms with van der Waals surface area (Å²) < 4.78 is 20.0. The number of fused-ring (bicyclic) bond motifs is 1. The Morgan fingerprint density at radius 1 is 1.27 bits per heavy atom. The number of carbonyl (C=O) groups excluding carboxylic acids is 2. The number of nitrogens with zero attached hydrogens (tertiary/aromatic N) is 6. The Morgan fingerprint density at radius 2 is 2.05 bits per heavy atom. The second-order valence-electron chi connectivity index (χ2n) is 8.80. The predicted molar refractivity (Wildman–Crippen MR) is 125 cm³/mol. The normalized spacial score (nSPS) is 22.9. The summed E-state index contributed by atoms with van der Waals surface area (Å²) in [6.45, 7) is 0.00516. The molecule has 0 aromatic carbocycles. The van der Waals surface area contributed by atoms with E-state index in [0.717, 1.165) is 25.1 Å². The fourth-order valence-corrected chi connectivity index (χ4v) is 3.83. The molecule has 2 fully saturated rings. The summed E-state index contributed by atoms with van der Waals surface area (Å²) >= 11 is 0. The van der Waals surface area contributed by atoms with Crippen molar-refractivity contribution in [2.45, 2.75) is 43.4 Å². The summed E-state index contributed by atoms with van der Waals surface area (Å²) in [5.41, 5.74) is 6.63. The number of imidazole rings is 1. The van der Waals surface area contributed by atoms with Gasteiger partial charge in [-0.15, -0.1) is 0 Å². The van der Waals surface area contributed by atoms with Gasteiger partial charge in [0, 0.05) is 19.3 Å². The van der Waals surface area contributed by atoms with Crippen LogP contribution in [-0.2, 0) is 9.53 Å². The maximum absolute atomic E-state index is 13.0. The number of aromatic nitrogens is 5. The van der Waals surface area contributed by atoms with Crippen molar-refractivity contribution in [3.63, 3.8) is 0 Å². The van der Waals surface area contributed by atoms with Gasteiger partial charge in [0.15, 0.2) is 23.8 Å². The van der Waals surface area contributed by atoms with E-state index in [1.807, 2.05) is 0 Å². The molecule has 1 saturated heterocycles. The second kappa shape index (κ2) is 9.69. The van der Waals surface area contributed by atoms with E-state index in [0.29, 0.717) is 0 Å². The summed E-state index contributed by atoms with van der Waals surface area (Å²) in [5.74, 6) is 3.95. The minimum absolute atomic E-state index is 0.00516. The van der Waals surface area contributed by atoms with Gasteiger partial charge < -0.3 is 30.9 Å². The molecule has 1 saturated carbocycles. The lowest BCUT2D eigenvalue weighted by atomic mass is 10.1. The van der Waals surface area contributed by atoms with Gasteiger partial charge in [0.05, 0.1) is 18.4 Å². The first kappa shape index (κ1) is 24.5. The van der Waals surface area contributed by atoms with Crippen LogP contribution in [0.4, 0.5) is 10.2 Å². The van der Waals surface area contributed by atoms with E-state index in [1.165, 1.54) is 28.9 Å². The van der Waals surface area contributed by atoms with Crippen molar-refractivity contribution in [1.29, 1.82) is 0 Å². The summed E-state index contributed by atoms with van der Waals surface area (Å²) in [7, 11) is 1.52. The van der Waals surface area contributed by atoms with Crippen LogP contribution in [0.25, 0.3) is 11.2 Å². The van der Waals surface area contributed by atoms with Crippen molar-refractivity contribution in [1.82, 2.24) is 34.7 Å². The van der Waals surface area contributed by atoms with Crippen LogP contribution in [0.2, 0.25) is 0 Å². The molecule has 0 spiro atoms. The minimum Gasteiger partial charge on any atom is -0.387 e. The number of pyridine rings is 1. The highest BCUT2D eigenvalue weighted by Crippen LogP contribution is 2.33. The first-order chi connectivity index (χ1) is 17.7. The molecule has 5 N–H and O–H groups in total. The number of anilines is 1. The molecule has 4 heterocycles. The highest BCUT2D eigenvalue weighted by molar-refractivity contribution is 5.93. The van der Waals surface area contributed by atoms with Crippen LogP contribution in [0.3, 0.4) is 0 Å². The van der Waals surface area contributed by atoms with Gasteiger partial charge in [-0.1, -0.05) is 5.92 Å². The molecule has 1 aliphatic heterocycles. The molecule has 3 aromatic heterocycles. The van der Waals surface area contributed by atoms with Crippen molar-refractivity contribution >= 4 is 28.8 Å². The van der Waals surface area contributed by atoms with Crippen LogP contribution in [0.1, 0.15) is 35.3 Å². The number of aliphatic hydroxyl groups is 2. The van der Waals surface area contributed by atoms with Crippen molar-refractivity contribution in [2.24, 2.45) is 0 Å². The third-order valence-electron chi connectivity index (χ3n) is 5.98. The molecule has 4 atom stereocenters. The van der Waals surface area contributed by atoms with E-state index in [1.54, 1.807) is 0 Å². The van der Waals surface area contributed by atoms with E-state index >= 15 is 0 Å². The number of hydrogen-bond acceptors (Lipinski definition) is 10. The van der Waals surface area contributed by atoms with Crippen molar-refractivity contribution < 1.29 is 28.9 Å². The van der Waals surface area contributed by atoms with Crippen LogP contribution in [0.5, 0.6) is 0 Å². The number of nitrogen functional groups attached to an aromatic ring is 1. The quantitative estimate of drug-likeness (QED) is 0.245. The zero-order valence-corrected chi connectivity index (χ0v) is 19.6. The van der Waals surface area contributed by atoms with Crippen molar-refractivity contribution in [2.75, 3.05) is 19.3 Å². The molecule has 1 aliphatic carbocycles. The smallest absolute Gasteiger partial charge is 0.255 e. The van der Waals surface area contributed by atoms with Crippen LogP contribution in [0.15, 0.2) is 24.7 Å². The van der Waals surface area contributed by atoms with Gasteiger partial charge in [-0.05, 0) is 30.9 Å². The Hall–Kier alpha value is -4.19. The molecular weight excluding hydrogens is 487 g/mol. The third-order valence-corrected chi connectivity index (χ3v) is 5.98. The van der Waals surface area contributed by atoms with E-state index in [2.05, 4.69) is 37.1 Å². The zero-order valence-electron chi connectivity index (χ0n) is 19.6. The Balaban J connectivity index is 1.34. The van der Waals surface area contributed by atoms with Crippen LogP contribution in [0, 0.1) is 17.8 Å². The molecule has 37 heavy (non-hydrogen) atoms. The maximum atomic E-state index is 13.0. The standard InChI is InChI=1S/C23H23FN8O5/c1-31(22(36)11-4-7-13(24)26-9-11)8-2-3-14-29-19(25)15-20(30-14)32(10-27-15)23-17(34)16(33)18(37-23)21(35)28-12-5-6-12/h4,7,9-10,12,16-18,23,33-34H,5-6,8H2,1H3,(H,28,35)(H2,25,29,30)/t16-,17+,18?,23?/m0/s1. The van der Waals surface area contributed by atoms with Crippen LogP contribution < -0.4 is 11.1 Å². The number of rotatable bonds is 5. The van der Waals surface area contributed by atoms with E-state index in [-0.39, 0.29) is 41.0 Å². The Kier molecular flexibility index (Phi) is 6.42. The molecular formula is C23H23FN8O5. The monoisotopic (exact) mass is 510 g/mol. The number of aliphatic hydroxyl groups excluding tert-OH is 2. The topological polar surface area (TPSA) is 182 Å². The Bertz CT molecular complexity index is 1410. The fourth-order valence-electron chi connectivity index (χ4n) is 3.83. The molecule has 2 amide bonds. The van der Waals surface area contributed by atoms with E-state index in [9.17, 15) is 24.2 Å². The van der Waals surface area contributed by atoms with Gasteiger partial charge in [-0.2, -0.15) is 4.39 Å². The number of hydrogen-bond donors (Lipinski definition) is 4. The number of amides is 2. The number of ether oxygens (including phenoxy) is 1. The van der Waals surface area contributed by atoms with Gasteiger partial charge in [-0.3, -0.25) is 14.2 Å². The third kappa shape index (κ3) is 4.92. The lowest BCUT2D eigenvalue weighted by Gasteiger charge is -2.16. The Labute approximate surface area is 209 Å². The number of carbonyl (C=O) groups is 2. The van der Waals surface area contributed by atoms with Gasteiger partial charge in [0.1, 0.15) is 17.7 Å². The first-order valence-corrected chi connectivity index (χ1v) is 11.4. The molecule has 5 rings (SSSR count). The molecule has 2 unspecified atom stereocenters. The average molecular weight is 510 g/mol. The zero-order chi connectivity index (χ0) is 26.3. The summed E-state index contributed by atoms with van der Waals surface area (Å²) in [6.07, 6.45) is -1.13. The number of nitrogens with two attached hydrogens (primary N) is 1. The first-order valence-electron chi connectivity index (χ1n) is 11.4.